The summed E-state index contributed by atoms with van der Waals surface area (Å²) in [7, 11) is 1.83. The first-order valence-electron chi connectivity index (χ1n) is 8.37. The zero-order valence-corrected chi connectivity index (χ0v) is 13.6. The maximum Gasteiger partial charge on any atom is 0.0623 e. The van der Waals surface area contributed by atoms with E-state index in [9.17, 15) is 0 Å². The van der Waals surface area contributed by atoms with Gasteiger partial charge in [-0.3, -0.25) is 0 Å². The third kappa shape index (κ3) is 6.76. The number of ether oxygens (including phenoxy) is 1. The second kappa shape index (κ2) is 8.97. The number of hydrogen-bond acceptors (Lipinski definition) is 2. The fourth-order valence-electron chi connectivity index (χ4n) is 3.26. The highest BCUT2D eigenvalue weighted by Gasteiger charge is 2.24. The highest BCUT2D eigenvalue weighted by atomic mass is 16.5. The molecule has 2 nitrogen and oxygen atoms in total. The topological polar surface area (TPSA) is 21.3 Å². The van der Waals surface area contributed by atoms with Crippen LogP contribution in [0.25, 0.3) is 0 Å². The highest BCUT2D eigenvalue weighted by Crippen LogP contribution is 2.28. The summed E-state index contributed by atoms with van der Waals surface area (Å²) in [5.41, 5.74) is 0.0231. The molecule has 0 aromatic heterocycles. The highest BCUT2D eigenvalue weighted by molar-refractivity contribution is 4.81. The molecule has 0 heterocycles. The largest absolute Gasteiger partial charge is 0.379 e. The third-order valence-corrected chi connectivity index (χ3v) is 4.80. The van der Waals surface area contributed by atoms with Crippen LogP contribution in [0.5, 0.6) is 0 Å². The Morgan fingerprint density at radius 1 is 1.11 bits per heavy atom. The van der Waals surface area contributed by atoms with E-state index in [2.05, 4.69) is 26.1 Å². The second-order valence-corrected chi connectivity index (χ2v) is 6.77. The van der Waals surface area contributed by atoms with Crippen LogP contribution in [-0.4, -0.2) is 25.3 Å². The van der Waals surface area contributed by atoms with Gasteiger partial charge in [0.15, 0.2) is 0 Å². The molecule has 1 N–H and O–H groups in total. The van der Waals surface area contributed by atoms with E-state index in [1.807, 2.05) is 7.11 Å². The molecule has 19 heavy (non-hydrogen) atoms. The van der Waals surface area contributed by atoms with E-state index < -0.39 is 0 Å². The molecule has 0 aliphatic heterocycles. The zero-order chi connectivity index (χ0) is 14.1. The van der Waals surface area contributed by atoms with Crippen molar-refractivity contribution in [3.8, 4) is 0 Å². The predicted molar refractivity (Wildman–Crippen MR) is 83.6 cm³/mol. The normalized spacial score (nSPS) is 20.8. The average molecular weight is 269 g/mol. The first kappa shape index (κ1) is 17.0. The molecule has 1 rings (SSSR count). The molecule has 1 aliphatic carbocycles. The van der Waals surface area contributed by atoms with Gasteiger partial charge in [0.05, 0.1) is 5.60 Å². The molecular formula is C17H35NO. The minimum Gasteiger partial charge on any atom is -0.379 e. The number of methoxy groups -OCH3 is 1. The van der Waals surface area contributed by atoms with Crippen LogP contribution in [0.15, 0.2) is 0 Å². The smallest absolute Gasteiger partial charge is 0.0623 e. The standard InChI is InChI=1S/C17H35NO/c1-5-18-16(13-14-17(2,3)19-4)15-11-9-7-6-8-10-12-15/h15-16,18H,5-14H2,1-4H3. The van der Waals surface area contributed by atoms with E-state index >= 15 is 0 Å². The summed E-state index contributed by atoms with van der Waals surface area (Å²) in [6.45, 7) is 7.73. The zero-order valence-electron chi connectivity index (χ0n) is 13.6. The predicted octanol–water partition coefficient (Wildman–Crippen LogP) is 4.53. The SMILES string of the molecule is CCNC(CCC(C)(C)OC)C1CCCCCCC1. The van der Waals surface area contributed by atoms with Gasteiger partial charge in [0.2, 0.25) is 0 Å². The average Bonchev–Trinajstić information content (AvgIpc) is 2.35. The lowest BCUT2D eigenvalue weighted by Gasteiger charge is -2.32. The molecule has 114 valence electrons. The molecule has 0 saturated heterocycles. The third-order valence-electron chi connectivity index (χ3n) is 4.80. The van der Waals surface area contributed by atoms with Crippen LogP contribution in [0.3, 0.4) is 0 Å². The minimum absolute atomic E-state index is 0.0231. The molecule has 2 heteroatoms. The molecule has 0 spiro atoms. The van der Waals surface area contributed by atoms with E-state index in [0.29, 0.717) is 6.04 Å². The Kier molecular flexibility index (Phi) is 8.01. The fourth-order valence-corrected chi connectivity index (χ4v) is 3.26. The number of rotatable bonds is 7. The molecule has 1 aliphatic rings. The monoisotopic (exact) mass is 269 g/mol. The van der Waals surface area contributed by atoms with Crippen LogP contribution in [-0.2, 0) is 4.74 Å². The van der Waals surface area contributed by atoms with E-state index in [0.717, 1.165) is 18.9 Å². The Bertz CT molecular complexity index is 219. The van der Waals surface area contributed by atoms with Crippen molar-refractivity contribution in [2.45, 2.75) is 90.2 Å². The quantitative estimate of drug-likeness (QED) is 0.733. The van der Waals surface area contributed by atoms with Crippen LogP contribution >= 0.6 is 0 Å². The molecule has 0 bridgehead atoms. The summed E-state index contributed by atoms with van der Waals surface area (Å²) in [5.74, 6) is 0.882. The van der Waals surface area contributed by atoms with Gasteiger partial charge in [-0.15, -0.1) is 0 Å². The maximum absolute atomic E-state index is 5.57. The molecule has 1 atom stereocenters. The van der Waals surface area contributed by atoms with E-state index in [4.69, 9.17) is 4.74 Å². The van der Waals surface area contributed by atoms with Gasteiger partial charge >= 0.3 is 0 Å². The molecule has 0 amide bonds. The molecule has 1 unspecified atom stereocenters. The van der Waals surface area contributed by atoms with Crippen molar-refractivity contribution in [2.24, 2.45) is 5.92 Å². The Morgan fingerprint density at radius 2 is 1.68 bits per heavy atom. The van der Waals surface area contributed by atoms with E-state index in [-0.39, 0.29) is 5.60 Å². The maximum atomic E-state index is 5.57. The molecular weight excluding hydrogens is 234 g/mol. The van der Waals surface area contributed by atoms with Crippen LogP contribution < -0.4 is 5.32 Å². The summed E-state index contributed by atoms with van der Waals surface area (Å²) in [5, 5.41) is 3.74. The van der Waals surface area contributed by atoms with Gasteiger partial charge in [-0.25, -0.2) is 0 Å². The lowest BCUT2D eigenvalue weighted by molar-refractivity contribution is 0.00978. The molecule has 1 saturated carbocycles. The van der Waals surface area contributed by atoms with Gasteiger partial charge in [-0.1, -0.05) is 39.0 Å². The first-order valence-corrected chi connectivity index (χ1v) is 8.37. The summed E-state index contributed by atoms with van der Waals surface area (Å²) in [6, 6.07) is 0.692. The first-order chi connectivity index (χ1) is 9.09. The molecule has 0 aromatic carbocycles. The van der Waals surface area contributed by atoms with Crippen molar-refractivity contribution in [2.75, 3.05) is 13.7 Å². The van der Waals surface area contributed by atoms with Gasteiger partial charge in [0.25, 0.3) is 0 Å². The van der Waals surface area contributed by atoms with Crippen LogP contribution in [0.4, 0.5) is 0 Å². The summed E-state index contributed by atoms with van der Waals surface area (Å²) in [6.07, 6.45) is 12.4. The van der Waals surface area contributed by atoms with Gasteiger partial charge in [-0.2, -0.15) is 0 Å². The number of hydrogen-bond donors (Lipinski definition) is 1. The van der Waals surface area contributed by atoms with Crippen LogP contribution in [0.1, 0.15) is 78.6 Å². The lowest BCUT2D eigenvalue weighted by atomic mass is 9.82. The molecule has 0 aromatic rings. The van der Waals surface area contributed by atoms with Gasteiger partial charge < -0.3 is 10.1 Å². The lowest BCUT2D eigenvalue weighted by Crippen LogP contribution is -2.38. The Labute approximate surface area is 120 Å². The Hall–Kier alpha value is -0.0800. The molecule has 0 radical (unpaired) electrons. The fraction of sp³-hybridized carbons (Fsp3) is 1.00. The Morgan fingerprint density at radius 3 is 2.21 bits per heavy atom. The van der Waals surface area contributed by atoms with Gasteiger partial charge in [-0.05, 0) is 52.0 Å². The van der Waals surface area contributed by atoms with Crippen molar-refractivity contribution < 1.29 is 4.74 Å². The van der Waals surface area contributed by atoms with Gasteiger partial charge in [0, 0.05) is 13.2 Å². The van der Waals surface area contributed by atoms with Crippen molar-refractivity contribution in [1.82, 2.24) is 5.32 Å². The summed E-state index contributed by atoms with van der Waals surface area (Å²) < 4.78 is 5.57. The second-order valence-electron chi connectivity index (χ2n) is 6.77. The Balaban J connectivity index is 2.48. The minimum atomic E-state index is 0.0231. The van der Waals surface area contributed by atoms with Crippen LogP contribution in [0.2, 0.25) is 0 Å². The summed E-state index contributed by atoms with van der Waals surface area (Å²) in [4.78, 5) is 0. The van der Waals surface area contributed by atoms with Crippen molar-refractivity contribution >= 4 is 0 Å². The van der Waals surface area contributed by atoms with Crippen molar-refractivity contribution in [3.05, 3.63) is 0 Å². The van der Waals surface area contributed by atoms with Crippen molar-refractivity contribution in [3.63, 3.8) is 0 Å². The van der Waals surface area contributed by atoms with Crippen molar-refractivity contribution in [1.29, 1.82) is 0 Å². The van der Waals surface area contributed by atoms with E-state index in [1.165, 1.54) is 51.4 Å². The molecule has 1 fully saturated rings. The van der Waals surface area contributed by atoms with Gasteiger partial charge in [0.1, 0.15) is 0 Å². The van der Waals surface area contributed by atoms with Crippen LogP contribution in [0, 0.1) is 5.92 Å². The van der Waals surface area contributed by atoms with E-state index in [1.54, 1.807) is 0 Å². The number of nitrogens with one attached hydrogen (secondary N) is 1. The summed E-state index contributed by atoms with van der Waals surface area (Å²) >= 11 is 0.